The normalized spacial score (nSPS) is 17.8. The van der Waals surface area contributed by atoms with E-state index in [9.17, 15) is 14.4 Å². The molecule has 0 fully saturated rings. The van der Waals surface area contributed by atoms with Crippen molar-refractivity contribution in [3.63, 3.8) is 0 Å². The number of aryl methyl sites for hydroxylation is 1. The van der Waals surface area contributed by atoms with E-state index in [2.05, 4.69) is 29.4 Å². The predicted molar refractivity (Wildman–Crippen MR) is 132 cm³/mol. The summed E-state index contributed by atoms with van der Waals surface area (Å²) in [6.07, 6.45) is 3.69. The molecule has 1 amide bonds. The summed E-state index contributed by atoms with van der Waals surface area (Å²) in [5, 5.41) is 2.62. The minimum atomic E-state index is -0.928. The molecule has 36 heavy (non-hydrogen) atoms. The summed E-state index contributed by atoms with van der Waals surface area (Å²) < 4.78 is 21.7. The Morgan fingerprint density at radius 1 is 1.11 bits per heavy atom. The van der Waals surface area contributed by atoms with Crippen LogP contribution >= 0.6 is 0 Å². The van der Waals surface area contributed by atoms with Gasteiger partial charge in [0.05, 0.1) is 13.0 Å². The third-order valence-electron chi connectivity index (χ3n) is 6.19. The van der Waals surface area contributed by atoms with E-state index in [0.29, 0.717) is 0 Å². The molecule has 2 aromatic rings. The van der Waals surface area contributed by atoms with Crippen molar-refractivity contribution in [3.8, 4) is 11.5 Å². The fourth-order valence-electron chi connectivity index (χ4n) is 4.09. The van der Waals surface area contributed by atoms with Crippen LogP contribution in [0.2, 0.25) is 0 Å². The van der Waals surface area contributed by atoms with Crippen LogP contribution in [0, 0.1) is 5.92 Å². The zero-order valence-corrected chi connectivity index (χ0v) is 21.4. The fraction of sp³-hybridized carbons (Fsp3) is 0.481. The number of pyridine rings is 1. The molecule has 1 aromatic carbocycles. The van der Waals surface area contributed by atoms with Crippen molar-refractivity contribution in [2.75, 3.05) is 13.9 Å². The molecule has 0 saturated heterocycles. The second-order valence-electron chi connectivity index (χ2n) is 9.12. The fourth-order valence-corrected chi connectivity index (χ4v) is 4.09. The Labute approximate surface area is 211 Å². The Bertz CT molecular complexity index is 1090. The van der Waals surface area contributed by atoms with Crippen molar-refractivity contribution in [1.82, 2.24) is 10.3 Å². The van der Waals surface area contributed by atoms with Gasteiger partial charge in [0.1, 0.15) is 12.1 Å². The maximum Gasteiger partial charge on any atom is 0.328 e. The van der Waals surface area contributed by atoms with Crippen molar-refractivity contribution < 1.29 is 33.3 Å². The van der Waals surface area contributed by atoms with Crippen LogP contribution in [0.3, 0.4) is 0 Å². The molecule has 1 aromatic heterocycles. The van der Waals surface area contributed by atoms with Crippen LogP contribution in [0.5, 0.6) is 11.5 Å². The molecule has 0 spiro atoms. The van der Waals surface area contributed by atoms with Gasteiger partial charge in [-0.05, 0) is 37.3 Å². The molecule has 2 unspecified atom stereocenters. The maximum absolute atomic E-state index is 13.0. The largest absolute Gasteiger partial charge is 0.493 e. The zero-order chi connectivity index (χ0) is 26.2. The number of methoxy groups -OCH3 is 1. The lowest BCUT2D eigenvalue weighted by atomic mass is 9.92. The first-order valence-corrected chi connectivity index (χ1v) is 12.1. The van der Waals surface area contributed by atoms with Gasteiger partial charge in [0.25, 0.3) is 5.91 Å². The second kappa shape index (κ2) is 12.4. The summed E-state index contributed by atoms with van der Waals surface area (Å²) in [4.78, 5) is 41.7. The smallest absolute Gasteiger partial charge is 0.328 e. The number of amides is 1. The number of hydrogen-bond acceptors (Lipinski definition) is 8. The molecule has 0 saturated carbocycles. The first-order valence-electron chi connectivity index (χ1n) is 12.1. The number of esters is 2. The van der Waals surface area contributed by atoms with Gasteiger partial charge in [0, 0.05) is 18.2 Å². The van der Waals surface area contributed by atoms with Gasteiger partial charge in [-0.1, -0.05) is 45.0 Å². The predicted octanol–water partition coefficient (Wildman–Crippen LogP) is 3.80. The van der Waals surface area contributed by atoms with Gasteiger partial charge < -0.3 is 24.3 Å². The van der Waals surface area contributed by atoms with Gasteiger partial charge in [-0.2, -0.15) is 0 Å². The van der Waals surface area contributed by atoms with Crippen LogP contribution in [0.15, 0.2) is 36.5 Å². The number of aromatic nitrogens is 1. The minimum Gasteiger partial charge on any atom is -0.493 e. The summed E-state index contributed by atoms with van der Waals surface area (Å²) in [7, 11) is 1.41. The number of carbonyl (C=O) groups excluding carboxylic acids is 3. The second-order valence-corrected chi connectivity index (χ2v) is 9.12. The van der Waals surface area contributed by atoms with Crippen molar-refractivity contribution in [2.45, 2.75) is 65.0 Å². The number of fused-ring (bicyclic) bond motifs is 1. The van der Waals surface area contributed by atoms with E-state index >= 15 is 0 Å². The van der Waals surface area contributed by atoms with Crippen LogP contribution in [0.25, 0.3) is 0 Å². The molecular weight excluding hydrogens is 464 g/mol. The highest BCUT2D eigenvalue weighted by Crippen LogP contribution is 2.33. The van der Waals surface area contributed by atoms with E-state index in [1.807, 2.05) is 12.1 Å². The molecular formula is C27H34N2O7. The quantitative estimate of drug-likeness (QED) is 0.316. The standard InChI is InChI=1S/C27H34N2O7/c1-16(2)26(31)35-15-34-24-22(33-5)13-14-28-23(24)25(30)29-18(4)27(32)36-21-12-8-10-19-9-6-7-11-20(19)17(21)3/h6-7,9,11,13-14,16-18,21H,8,10,12,15H2,1-5H3,(H,29,30)/t17?,18-,21?/m0/s1. The number of ether oxygens (including phenoxy) is 4. The first-order chi connectivity index (χ1) is 17.2. The first kappa shape index (κ1) is 27.0. The van der Waals surface area contributed by atoms with Crippen molar-refractivity contribution in [2.24, 2.45) is 5.92 Å². The summed E-state index contributed by atoms with van der Waals surface area (Å²) in [5.41, 5.74) is 2.36. The third-order valence-corrected chi connectivity index (χ3v) is 6.19. The van der Waals surface area contributed by atoms with Gasteiger partial charge in [-0.25, -0.2) is 9.78 Å². The van der Waals surface area contributed by atoms with Crippen LogP contribution in [-0.4, -0.2) is 48.9 Å². The van der Waals surface area contributed by atoms with Crippen LogP contribution in [0.1, 0.15) is 68.1 Å². The molecule has 9 heteroatoms. The van der Waals surface area contributed by atoms with Gasteiger partial charge in [-0.15, -0.1) is 0 Å². The highest BCUT2D eigenvalue weighted by molar-refractivity contribution is 5.98. The lowest BCUT2D eigenvalue weighted by Crippen LogP contribution is -2.42. The molecule has 1 aliphatic carbocycles. The molecule has 3 atom stereocenters. The lowest BCUT2D eigenvalue weighted by Gasteiger charge is -2.25. The Hall–Kier alpha value is -3.62. The number of rotatable bonds is 9. The summed E-state index contributed by atoms with van der Waals surface area (Å²) in [6, 6.07) is 8.79. The van der Waals surface area contributed by atoms with Crippen molar-refractivity contribution >= 4 is 17.8 Å². The third kappa shape index (κ3) is 6.53. The molecule has 194 valence electrons. The van der Waals surface area contributed by atoms with E-state index in [1.54, 1.807) is 20.8 Å². The van der Waals surface area contributed by atoms with Gasteiger partial charge in [-0.3, -0.25) is 9.59 Å². The summed E-state index contributed by atoms with van der Waals surface area (Å²) >= 11 is 0. The number of nitrogens with zero attached hydrogens (tertiary/aromatic N) is 1. The number of carbonyl (C=O) groups is 3. The lowest BCUT2D eigenvalue weighted by molar-refractivity contribution is -0.154. The minimum absolute atomic E-state index is 0.00335. The Kier molecular flexibility index (Phi) is 9.27. The Balaban J connectivity index is 1.66. The van der Waals surface area contributed by atoms with Crippen LogP contribution in [0.4, 0.5) is 0 Å². The monoisotopic (exact) mass is 498 g/mol. The number of benzene rings is 1. The SMILES string of the molecule is COc1ccnc(C(=O)N[C@@H](C)C(=O)OC2CCCc3ccccc3C2C)c1OCOC(=O)C(C)C. The molecule has 1 N–H and O–H groups in total. The average Bonchev–Trinajstić information content (AvgIpc) is 3.02. The van der Waals surface area contributed by atoms with Gasteiger partial charge in [0.2, 0.25) is 6.79 Å². The summed E-state index contributed by atoms with van der Waals surface area (Å²) in [5.74, 6) is -1.68. The molecule has 1 aliphatic rings. The Morgan fingerprint density at radius 3 is 2.58 bits per heavy atom. The van der Waals surface area contributed by atoms with Gasteiger partial charge in [0.15, 0.2) is 17.2 Å². The van der Waals surface area contributed by atoms with Crippen molar-refractivity contribution in [3.05, 3.63) is 53.3 Å². The molecule has 3 rings (SSSR count). The van der Waals surface area contributed by atoms with E-state index in [1.165, 1.54) is 30.5 Å². The topological polar surface area (TPSA) is 113 Å². The Morgan fingerprint density at radius 2 is 1.86 bits per heavy atom. The maximum atomic E-state index is 13.0. The molecule has 0 bridgehead atoms. The van der Waals surface area contributed by atoms with E-state index in [-0.39, 0.29) is 35.1 Å². The zero-order valence-electron chi connectivity index (χ0n) is 21.4. The van der Waals surface area contributed by atoms with Crippen LogP contribution in [-0.2, 0) is 25.5 Å². The van der Waals surface area contributed by atoms with E-state index in [0.717, 1.165) is 19.3 Å². The number of nitrogens with one attached hydrogen (secondary N) is 1. The molecule has 1 heterocycles. The van der Waals surface area contributed by atoms with Crippen LogP contribution < -0.4 is 14.8 Å². The van der Waals surface area contributed by atoms with E-state index < -0.39 is 30.7 Å². The molecule has 0 aliphatic heterocycles. The number of hydrogen-bond donors (Lipinski definition) is 1. The van der Waals surface area contributed by atoms with Gasteiger partial charge >= 0.3 is 11.9 Å². The molecule has 9 nitrogen and oxygen atoms in total. The summed E-state index contributed by atoms with van der Waals surface area (Å²) in [6.45, 7) is 6.59. The highest BCUT2D eigenvalue weighted by Gasteiger charge is 2.30. The highest BCUT2D eigenvalue weighted by atomic mass is 16.7. The molecule has 0 radical (unpaired) electrons. The van der Waals surface area contributed by atoms with Crippen molar-refractivity contribution in [1.29, 1.82) is 0 Å². The van der Waals surface area contributed by atoms with E-state index in [4.69, 9.17) is 18.9 Å². The average molecular weight is 499 g/mol.